The number of sulfonamides is 1. The highest BCUT2D eigenvalue weighted by Crippen LogP contribution is 2.39. The SMILES string of the molecule is Cl.NCC1(CC(=O)N2CCC(NS(=O)(=O)c3cccs3)CC2)CCCCC1. The number of thiophene rings is 1. The van der Waals surface area contributed by atoms with Gasteiger partial charge in [-0.3, -0.25) is 4.79 Å². The van der Waals surface area contributed by atoms with Crippen molar-refractivity contribution < 1.29 is 13.2 Å². The Hall–Kier alpha value is -0.670. The summed E-state index contributed by atoms with van der Waals surface area (Å²) in [5.74, 6) is 0.178. The van der Waals surface area contributed by atoms with Crippen molar-refractivity contribution in [1.82, 2.24) is 9.62 Å². The van der Waals surface area contributed by atoms with Crippen LogP contribution in [-0.4, -0.2) is 44.9 Å². The van der Waals surface area contributed by atoms with Gasteiger partial charge in [0, 0.05) is 25.6 Å². The maximum Gasteiger partial charge on any atom is 0.250 e. The lowest BCUT2D eigenvalue weighted by molar-refractivity contribution is -0.135. The standard InChI is InChI=1S/C18H29N3O3S2.ClH/c19-14-18(8-2-1-3-9-18)13-16(22)21-10-6-15(7-11-21)20-26(23,24)17-5-4-12-25-17;/h4-5,12,15,20H,1-3,6-11,13-14,19H2;1H. The predicted molar refractivity (Wildman–Crippen MR) is 111 cm³/mol. The smallest absolute Gasteiger partial charge is 0.250 e. The molecule has 0 aromatic carbocycles. The van der Waals surface area contributed by atoms with Crippen LogP contribution < -0.4 is 10.5 Å². The fraction of sp³-hybridized carbons (Fsp3) is 0.722. The second-order valence-corrected chi connectivity index (χ2v) is 10.5. The Morgan fingerprint density at radius 2 is 1.93 bits per heavy atom. The molecule has 0 unspecified atom stereocenters. The van der Waals surface area contributed by atoms with E-state index in [1.165, 1.54) is 17.8 Å². The topological polar surface area (TPSA) is 92.5 Å². The second-order valence-electron chi connectivity index (χ2n) is 7.65. The molecule has 1 aromatic rings. The van der Waals surface area contributed by atoms with E-state index in [4.69, 9.17) is 5.73 Å². The van der Waals surface area contributed by atoms with Crippen molar-refractivity contribution >= 4 is 39.7 Å². The molecular formula is C18H30ClN3O3S2. The number of nitrogens with two attached hydrogens (primary N) is 1. The van der Waals surface area contributed by atoms with Gasteiger partial charge in [-0.2, -0.15) is 0 Å². The lowest BCUT2D eigenvalue weighted by atomic mass is 9.71. The number of carbonyl (C=O) groups excluding carboxylic acids is 1. The minimum Gasteiger partial charge on any atom is -0.343 e. The minimum absolute atomic E-state index is 0. The zero-order valence-corrected chi connectivity index (χ0v) is 18.0. The zero-order valence-electron chi connectivity index (χ0n) is 15.6. The Kier molecular flexibility index (Phi) is 8.12. The zero-order chi connectivity index (χ0) is 18.6. The third kappa shape index (κ3) is 5.67. The molecule has 1 aromatic heterocycles. The van der Waals surface area contributed by atoms with E-state index in [-0.39, 0.29) is 29.8 Å². The fourth-order valence-electron chi connectivity index (χ4n) is 4.13. The third-order valence-electron chi connectivity index (χ3n) is 5.80. The highest BCUT2D eigenvalue weighted by Gasteiger charge is 2.35. The maximum atomic E-state index is 12.7. The molecule has 3 rings (SSSR count). The van der Waals surface area contributed by atoms with Gasteiger partial charge in [0.05, 0.1) is 0 Å². The molecule has 1 aliphatic heterocycles. The molecule has 1 saturated heterocycles. The van der Waals surface area contributed by atoms with Crippen molar-refractivity contribution in [1.29, 1.82) is 0 Å². The summed E-state index contributed by atoms with van der Waals surface area (Å²) in [6, 6.07) is 3.24. The van der Waals surface area contributed by atoms with E-state index in [0.29, 0.717) is 43.1 Å². The summed E-state index contributed by atoms with van der Waals surface area (Å²) in [5, 5.41) is 1.76. The van der Waals surface area contributed by atoms with E-state index in [2.05, 4.69) is 4.72 Å². The first kappa shape index (κ1) is 22.6. The molecule has 1 saturated carbocycles. The van der Waals surface area contributed by atoms with Crippen LogP contribution in [-0.2, 0) is 14.8 Å². The van der Waals surface area contributed by atoms with E-state index in [9.17, 15) is 13.2 Å². The summed E-state index contributed by atoms with van der Waals surface area (Å²) < 4.78 is 27.8. The molecule has 154 valence electrons. The van der Waals surface area contributed by atoms with E-state index in [1.54, 1.807) is 17.5 Å². The number of nitrogens with zero attached hydrogens (tertiary/aromatic N) is 1. The molecule has 2 fully saturated rings. The van der Waals surface area contributed by atoms with Gasteiger partial charge in [-0.1, -0.05) is 25.3 Å². The molecule has 27 heavy (non-hydrogen) atoms. The molecular weight excluding hydrogens is 406 g/mol. The average Bonchev–Trinajstić information content (AvgIpc) is 3.18. The Morgan fingerprint density at radius 3 is 2.48 bits per heavy atom. The third-order valence-corrected chi connectivity index (χ3v) is 8.72. The second kappa shape index (κ2) is 9.69. The van der Waals surface area contributed by atoms with Gasteiger partial charge < -0.3 is 10.6 Å². The first-order valence-corrected chi connectivity index (χ1v) is 11.8. The van der Waals surface area contributed by atoms with Crippen LogP contribution in [0.25, 0.3) is 0 Å². The Balaban J connectivity index is 0.00000261. The van der Waals surface area contributed by atoms with Crippen LogP contribution in [0.2, 0.25) is 0 Å². The normalized spacial score (nSPS) is 20.9. The van der Waals surface area contributed by atoms with Crippen LogP contribution in [0.3, 0.4) is 0 Å². The van der Waals surface area contributed by atoms with Gasteiger partial charge in [0.2, 0.25) is 15.9 Å². The van der Waals surface area contributed by atoms with Gasteiger partial charge in [-0.05, 0) is 49.1 Å². The van der Waals surface area contributed by atoms with Crippen molar-refractivity contribution in [2.75, 3.05) is 19.6 Å². The average molecular weight is 436 g/mol. The molecule has 9 heteroatoms. The van der Waals surface area contributed by atoms with Gasteiger partial charge in [-0.15, -0.1) is 23.7 Å². The summed E-state index contributed by atoms with van der Waals surface area (Å²) >= 11 is 1.22. The number of rotatable bonds is 6. The summed E-state index contributed by atoms with van der Waals surface area (Å²) in [5.41, 5.74) is 5.99. The predicted octanol–water partition coefficient (Wildman–Crippen LogP) is 2.74. The van der Waals surface area contributed by atoms with Gasteiger partial charge in [0.25, 0.3) is 0 Å². The number of hydrogen-bond donors (Lipinski definition) is 2. The van der Waals surface area contributed by atoms with E-state index < -0.39 is 10.0 Å². The molecule has 1 amide bonds. The van der Waals surface area contributed by atoms with E-state index in [0.717, 1.165) is 25.7 Å². The molecule has 2 heterocycles. The number of carbonyl (C=O) groups is 1. The van der Waals surface area contributed by atoms with Crippen LogP contribution in [0, 0.1) is 5.41 Å². The van der Waals surface area contributed by atoms with Gasteiger partial charge in [0.15, 0.2) is 0 Å². The highest BCUT2D eigenvalue weighted by molar-refractivity contribution is 7.91. The maximum absolute atomic E-state index is 12.7. The molecule has 1 aliphatic carbocycles. The van der Waals surface area contributed by atoms with Crippen molar-refractivity contribution in [2.24, 2.45) is 11.1 Å². The van der Waals surface area contributed by atoms with Crippen molar-refractivity contribution in [3.05, 3.63) is 17.5 Å². The Bertz CT molecular complexity index is 695. The first-order valence-electron chi connectivity index (χ1n) is 9.48. The van der Waals surface area contributed by atoms with Crippen LogP contribution in [0.5, 0.6) is 0 Å². The number of nitrogens with one attached hydrogen (secondary N) is 1. The first-order chi connectivity index (χ1) is 12.4. The lowest BCUT2D eigenvalue weighted by Crippen LogP contribution is -2.48. The van der Waals surface area contributed by atoms with Crippen molar-refractivity contribution in [3.8, 4) is 0 Å². The monoisotopic (exact) mass is 435 g/mol. The number of amides is 1. The number of piperidine rings is 1. The quantitative estimate of drug-likeness (QED) is 0.718. The summed E-state index contributed by atoms with van der Waals surface area (Å²) in [4.78, 5) is 14.6. The van der Waals surface area contributed by atoms with Gasteiger partial charge >= 0.3 is 0 Å². The van der Waals surface area contributed by atoms with Crippen LogP contribution in [0.15, 0.2) is 21.7 Å². The van der Waals surface area contributed by atoms with E-state index >= 15 is 0 Å². The lowest BCUT2D eigenvalue weighted by Gasteiger charge is -2.39. The number of hydrogen-bond acceptors (Lipinski definition) is 5. The minimum atomic E-state index is -3.44. The largest absolute Gasteiger partial charge is 0.343 e. The van der Waals surface area contributed by atoms with Crippen LogP contribution in [0.1, 0.15) is 51.4 Å². The highest BCUT2D eigenvalue weighted by atomic mass is 35.5. The van der Waals surface area contributed by atoms with Crippen LogP contribution >= 0.6 is 23.7 Å². The summed E-state index contributed by atoms with van der Waals surface area (Å²) in [7, 11) is -3.44. The molecule has 0 radical (unpaired) electrons. The molecule has 6 nitrogen and oxygen atoms in total. The van der Waals surface area contributed by atoms with Gasteiger partial charge in [0.1, 0.15) is 4.21 Å². The molecule has 2 aliphatic rings. The van der Waals surface area contributed by atoms with Crippen LogP contribution in [0.4, 0.5) is 0 Å². The Labute approximate surface area is 172 Å². The number of halogens is 1. The molecule has 3 N–H and O–H groups in total. The fourth-order valence-corrected chi connectivity index (χ4v) is 6.44. The molecule has 0 spiro atoms. The van der Waals surface area contributed by atoms with E-state index in [1.807, 2.05) is 4.90 Å². The molecule has 0 bridgehead atoms. The number of likely N-dealkylation sites (tertiary alicyclic amines) is 1. The Morgan fingerprint density at radius 1 is 1.26 bits per heavy atom. The summed E-state index contributed by atoms with van der Waals surface area (Å²) in [6.45, 7) is 1.80. The van der Waals surface area contributed by atoms with Crippen molar-refractivity contribution in [2.45, 2.75) is 61.6 Å². The van der Waals surface area contributed by atoms with Gasteiger partial charge in [-0.25, -0.2) is 13.1 Å². The summed E-state index contributed by atoms with van der Waals surface area (Å²) in [6.07, 6.45) is 7.52. The van der Waals surface area contributed by atoms with Crippen molar-refractivity contribution in [3.63, 3.8) is 0 Å². The molecule has 0 atom stereocenters.